The molecule has 1 aromatic heterocycles. The first kappa shape index (κ1) is 13.4. The molecule has 0 radical (unpaired) electrons. The average molecular weight is 327 g/mol. The summed E-state index contributed by atoms with van der Waals surface area (Å²) in [5.74, 6) is 1.74. The highest BCUT2D eigenvalue weighted by atomic mass is 79.9. The summed E-state index contributed by atoms with van der Waals surface area (Å²) in [5.41, 5.74) is 3.10. The molecule has 0 amide bonds. The molecule has 0 saturated heterocycles. The Morgan fingerprint density at radius 1 is 1.28 bits per heavy atom. The van der Waals surface area contributed by atoms with Gasteiger partial charge in [0.05, 0.1) is 5.88 Å². The molecule has 2 rings (SSSR count). The smallest absolute Gasteiger partial charge is 0.223 e. The summed E-state index contributed by atoms with van der Waals surface area (Å²) in [6.07, 6.45) is 1.70. The van der Waals surface area contributed by atoms with Gasteiger partial charge in [0.25, 0.3) is 0 Å². The van der Waals surface area contributed by atoms with Gasteiger partial charge in [-0.3, -0.25) is 0 Å². The molecule has 1 aromatic carbocycles. The number of aryl methyl sites for hydroxylation is 2. The number of rotatable bonds is 3. The molecule has 2 nitrogen and oxygen atoms in total. The zero-order valence-corrected chi connectivity index (χ0v) is 12.5. The fourth-order valence-electron chi connectivity index (χ4n) is 1.58. The molecule has 0 aliphatic rings. The highest BCUT2D eigenvalue weighted by Gasteiger charge is 2.08. The van der Waals surface area contributed by atoms with Crippen LogP contribution in [0.5, 0.6) is 11.6 Å². The number of benzene rings is 1. The Kier molecular flexibility index (Phi) is 4.25. The van der Waals surface area contributed by atoms with Crippen molar-refractivity contribution in [3.8, 4) is 11.6 Å². The molecule has 4 heteroatoms. The van der Waals surface area contributed by atoms with Crippen molar-refractivity contribution in [3.63, 3.8) is 0 Å². The average Bonchev–Trinajstić information content (AvgIpc) is 2.36. The molecular formula is C14H13BrClNO. The van der Waals surface area contributed by atoms with Crippen molar-refractivity contribution >= 4 is 27.5 Å². The second-order valence-corrected chi connectivity index (χ2v) is 5.31. The predicted octanol–water partition coefficient (Wildman–Crippen LogP) is 4.99. The van der Waals surface area contributed by atoms with Gasteiger partial charge < -0.3 is 4.74 Å². The standard InChI is InChI=1S/C14H13BrClNO/c1-9-3-4-10(2)13(5-9)18-14-11(7-16)6-12(15)8-17-14/h3-6,8H,7H2,1-2H3. The lowest BCUT2D eigenvalue weighted by Crippen LogP contribution is -1.95. The van der Waals surface area contributed by atoms with E-state index in [1.165, 1.54) is 0 Å². The first-order valence-corrected chi connectivity index (χ1v) is 6.88. The number of pyridine rings is 1. The summed E-state index contributed by atoms with van der Waals surface area (Å²) in [7, 11) is 0. The maximum atomic E-state index is 5.90. The van der Waals surface area contributed by atoms with Gasteiger partial charge in [0, 0.05) is 16.2 Å². The summed E-state index contributed by atoms with van der Waals surface area (Å²) in [5, 5.41) is 0. The van der Waals surface area contributed by atoms with Gasteiger partial charge in [-0.1, -0.05) is 12.1 Å². The van der Waals surface area contributed by atoms with Crippen LogP contribution in [-0.4, -0.2) is 4.98 Å². The molecule has 94 valence electrons. The first-order valence-electron chi connectivity index (χ1n) is 5.55. The molecule has 1 heterocycles. The van der Waals surface area contributed by atoms with Crippen LogP contribution in [0.1, 0.15) is 16.7 Å². The zero-order chi connectivity index (χ0) is 13.1. The van der Waals surface area contributed by atoms with Crippen LogP contribution in [0.3, 0.4) is 0 Å². The molecule has 2 aromatic rings. The van der Waals surface area contributed by atoms with E-state index in [-0.39, 0.29) is 0 Å². The summed E-state index contributed by atoms with van der Waals surface area (Å²) < 4.78 is 6.75. The molecule has 0 fully saturated rings. The number of halogens is 2. The lowest BCUT2D eigenvalue weighted by molar-refractivity contribution is 0.454. The second kappa shape index (κ2) is 5.72. The van der Waals surface area contributed by atoms with E-state index in [0.29, 0.717) is 11.8 Å². The summed E-state index contributed by atoms with van der Waals surface area (Å²) in [6, 6.07) is 8.00. The van der Waals surface area contributed by atoms with E-state index in [1.807, 2.05) is 32.0 Å². The van der Waals surface area contributed by atoms with Gasteiger partial charge in [0.1, 0.15) is 5.75 Å². The molecule has 0 bridgehead atoms. The monoisotopic (exact) mass is 325 g/mol. The molecule has 0 saturated carbocycles. The van der Waals surface area contributed by atoms with Crippen molar-refractivity contribution in [3.05, 3.63) is 51.6 Å². The summed E-state index contributed by atoms with van der Waals surface area (Å²) >= 11 is 9.27. The largest absolute Gasteiger partial charge is 0.438 e. The van der Waals surface area contributed by atoms with Crippen LogP contribution >= 0.6 is 27.5 Å². The highest BCUT2D eigenvalue weighted by Crippen LogP contribution is 2.29. The minimum Gasteiger partial charge on any atom is -0.438 e. The molecular weight excluding hydrogens is 314 g/mol. The van der Waals surface area contributed by atoms with E-state index in [1.54, 1.807) is 6.20 Å². The van der Waals surface area contributed by atoms with Crippen LogP contribution in [0, 0.1) is 13.8 Å². The fraction of sp³-hybridized carbons (Fsp3) is 0.214. The Labute approximate surface area is 120 Å². The Bertz CT molecular complexity index is 572. The van der Waals surface area contributed by atoms with E-state index in [4.69, 9.17) is 16.3 Å². The van der Waals surface area contributed by atoms with Gasteiger partial charge in [-0.05, 0) is 53.0 Å². The van der Waals surface area contributed by atoms with E-state index in [0.717, 1.165) is 26.9 Å². The van der Waals surface area contributed by atoms with E-state index >= 15 is 0 Å². The lowest BCUT2D eigenvalue weighted by atomic mass is 10.1. The van der Waals surface area contributed by atoms with Crippen molar-refractivity contribution in [2.75, 3.05) is 0 Å². The minimum absolute atomic E-state index is 0.368. The predicted molar refractivity (Wildman–Crippen MR) is 77.5 cm³/mol. The van der Waals surface area contributed by atoms with E-state index < -0.39 is 0 Å². The molecule has 0 spiro atoms. The van der Waals surface area contributed by atoms with Crippen molar-refractivity contribution in [2.24, 2.45) is 0 Å². The van der Waals surface area contributed by atoms with Gasteiger partial charge >= 0.3 is 0 Å². The zero-order valence-electron chi connectivity index (χ0n) is 10.2. The van der Waals surface area contributed by atoms with Crippen molar-refractivity contribution in [1.29, 1.82) is 0 Å². The summed E-state index contributed by atoms with van der Waals surface area (Å²) in [4.78, 5) is 4.26. The highest BCUT2D eigenvalue weighted by molar-refractivity contribution is 9.10. The van der Waals surface area contributed by atoms with Crippen LogP contribution in [0.15, 0.2) is 34.9 Å². The van der Waals surface area contributed by atoms with E-state index in [2.05, 4.69) is 27.0 Å². The second-order valence-electron chi connectivity index (χ2n) is 4.12. The fourth-order valence-corrected chi connectivity index (χ4v) is 2.15. The number of nitrogens with zero attached hydrogens (tertiary/aromatic N) is 1. The van der Waals surface area contributed by atoms with Crippen LogP contribution in [-0.2, 0) is 5.88 Å². The molecule has 0 aliphatic carbocycles. The molecule has 0 aliphatic heterocycles. The van der Waals surface area contributed by atoms with Crippen LogP contribution < -0.4 is 4.74 Å². The lowest BCUT2D eigenvalue weighted by Gasteiger charge is -2.11. The van der Waals surface area contributed by atoms with Gasteiger partial charge in [0.15, 0.2) is 0 Å². The Morgan fingerprint density at radius 3 is 2.78 bits per heavy atom. The first-order chi connectivity index (χ1) is 8.60. The molecule has 0 unspecified atom stereocenters. The number of alkyl halides is 1. The van der Waals surface area contributed by atoms with Gasteiger partial charge in [-0.15, -0.1) is 11.6 Å². The number of ether oxygens (including phenoxy) is 1. The van der Waals surface area contributed by atoms with E-state index in [9.17, 15) is 0 Å². The third kappa shape index (κ3) is 3.03. The quantitative estimate of drug-likeness (QED) is 0.741. The Morgan fingerprint density at radius 2 is 2.06 bits per heavy atom. The van der Waals surface area contributed by atoms with Crippen LogP contribution in [0.2, 0.25) is 0 Å². The summed E-state index contributed by atoms with van der Waals surface area (Å²) in [6.45, 7) is 4.04. The number of hydrogen-bond acceptors (Lipinski definition) is 2. The molecule has 0 N–H and O–H groups in total. The third-order valence-corrected chi connectivity index (χ3v) is 3.31. The number of hydrogen-bond donors (Lipinski definition) is 0. The van der Waals surface area contributed by atoms with Crippen molar-refractivity contribution in [2.45, 2.75) is 19.7 Å². The Hall–Kier alpha value is -1.06. The molecule has 0 atom stereocenters. The van der Waals surface area contributed by atoms with Crippen LogP contribution in [0.25, 0.3) is 0 Å². The van der Waals surface area contributed by atoms with Crippen molar-refractivity contribution in [1.82, 2.24) is 4.98 Å². The third-order valence-electron chi connectivity index (χ3n) is 2.59. The van der Waals surface area contributed by atoms with Gasteiger partial charge in [-0.2, -0.15) is 0 Å². The maximum absolute atomic E-state index is 5.90. The maximum Gasteiger partial charge on any atom is 0.223 e. The van der Waals surface area contributed by atoms with Gasteiger partial charge in [0.2, 0.25) is 5.88 Å². The number of aromatic nitrogens is 1. The topological polar surface area (TPSA) is 22.1 Å². The van der Waals surface area contributed by atoms with Gasteiger partial charge in [-0.25, -0.2) is 4.98 Å². The minimum atomic E-state index is 0.368. The normalized spacial score (nSPS) is 10.4. The SMILES string of the molecule is Cc1ccc(C)c(Oc2ncc(Br)cc2CCl)c1. The van der Waals surface area contributed by atoms with Crippen molar-refractivity contribution < 1.29 is 4.74 Å². The molecule has 18 heavy (non-hydrogen) atoms. The van der Waals surface area contributed by atoms with Crippen LogP contribution in [0.4, 0.5) is 0 Å². The Balaban J connectivity index is 2.36.